The van der Waals surface area contributed by atoms with Crippen LogP contribution in [0, 0.1) is 11.3 Å². The van der Waals surface area contributed by atoms with Crippen LogP contribution in [0.3, 0.4) is 0 Å². The molecule has 5 nitrogen and oxygen atoms in total. The SMILES string of the molecule is CCC1OCCC1C(=O)NCC1(CC(=O)O)CCC1. The molecule has 2 unspecified atom stereocenters. The minimum absolute atomic E-state index is 0.0248. The van der Waals surface area contributed by atoms with Gasteiger partial charge in [0.2, 0.25) is 5.91 Å². The summed E-state index contributed by atoms with van der Waals surface area (Å²) >= 11 is 0. The van der Waals surface area contributed by atoms with Gasteiger partial charge >= 0.3 is 5.97 Å². The Morgan fingerprint density at radius 2 is 2.16 bits per heavy atom. The van der Waals surface area contributed by atoms with Gasteiger partial charge in [0.05, 0.1) is 18.4 Å². The molecule has 0 aromatic heterocycles. The second-order valence-corrected chi connectivity index (χ2v) is 5.85. The monoisotopic (exact) mass is 269 g/mol. The molecule has 2 atom stereocenters. The third-order valence-corrected chi connectivity index (χ3v) is 4.53. The minimum Gasteiger partial charge on any atom is -0.481 e. The molecule has 2 N–H and O–H groups in total. The van der Waals surface area contributed by atoms with Crippen molar-refractivity contribution in [2.45, 2.75) is 51.6 Å². The molecule has 0 radical (unpaired) electrons. The first-order valence-corrected chi connectivity index (χ1v) is 7.17. The first-order valence-electron chi connectivity index (χ1n) is 7.17. The molecule has 2 rings (SSSR count). The lowest BCUT2D eigenvalue weighted by atomic mass is 9.66. The van der Waals surface area contributed by atoms with E-state index < -0.39 is 5.97 Å². The zero-order valence-electron chi connectivity index (χ0n) is 11.5. The second-order valence-electron chi connectivity index (χ2n) is 5.85. The van der Waals surface area contributed by atoms with E-state index in [0.29, 0.717) is 13.2 Å². The number of hydrogen-bond donors (Lipinski definition) is 2. The summed E-state index contributed by atoms with van der Waals surface area (Å²) in [5.41, 5.74) is -0.206. The van der Waals surface area contributed by atoms with Gasteiger partial charge in [-0.15, -0.1) is 0 Å². The van der Waals surface area contributed by atoms with E-state index in [1.54, 1.807) is 0 Å². The van der Waals surface area contributed by atoms with Crippen molar-refractivity contribution in [1.82, 2.24) is 5.32 Å². The number of hydrogen-bond acceptors (Lipinski definition) is 3. The maximum absolute atomic E-state index is 12.1. The number of rotatable bonds is 6. The fourth-order valence-corrected chi connectivity index (χ4v) is 3.17. The van der Waals surface area contributed by atoms with E-state index in [1.807, 2.05) is 6.92 Å². The maximum atomic E-state index is 12.1. The van der Waals surface area contributed by atoms with Crippen LogP contribution in [0.4, 0.5) is 0 Å². The van der Waals surface area contributed by atoms with Gasteiger partial charge in [-0.2, -0.15) is 0 Å². The molecule has 108 valence electrons. The predicted molar refractivity (Wildman–Crippen MR) is 69.7 cm³/mol. The van der Waals surface area contributed by atoms with Crippen molar-refractivity contribution in [2.24, 2.45) is 11.3 Å². The lowest BCUT2D eigenvalue weighted by molar-refractivity contribution is -0.142. The molecule has 19 heavy (non-hydrogen) atoms. The molecular weight excluding hydrogens is 246 g/mol. The molecule has 0 spiro atoms. The zero-order valence-corrected chi connectivity index (χ0v) is 11.5. The third kappa shape index (κ3) is 3.26. The van der Waals surface area contributed by atoms with Crippen LogP contribution in [-0.2, 0) is 14.3 Å². The molecule has 5 heteroatoms. The normalized spacial score (nSPS) is 28.7. The Bertz CT molecular complexity index is 351. The fourth-order valence-electron chi connectivity index (χ4n) is 3.17. The second kappa shape index (κ2) is 5.90. The first-order chi connectivity index (χ1) is 9.06. The van der Waals surface area contributed by atoms with E-state index in [1.165, 1.54) is 0 Å². The highest BCUT2D eigenvalue weighted by Gasteiger charge is 2.40. The number of amides is 1. The zero-order chi connectivity index (χ0) is 13.9. The lowest BCUT2D eigenvalue weighted by Crippen LogP contribution is -2.46. The van der Waals surface area contributed by atoms with E-state index in [-0.39, 0.29) is 29.8 Å². The number of ether oxygens (including phenoxy) is 1. The van der Waals surface area contributed by atoms with Crippen LogP contribution in [0.2, 0.25) is 0 Å². The first kappa shape index (κ1) is 14.3. The molecule has 2 aliphatic rings. The van der Waals surface area contributed by atoms with Crippen LogP contribution < -0.4 is 5.32 Å². The Morgan fingerprint density at radius 3 is 2.68 bits per heavy atom. The smallest absolute Gasteiger partial charge is 0.303 e. The van der Waals surface area contributed by atoms with Gasteiger partial charge < -0.3 is 15.2 Å². The summed E-state index contributed by atoms with van der Waals surface area (Å²) in [6.07, 6.45) is 4.67. The molecular formula is C14H23NO4. The number of carboxylic acids is 1. The molecule has 0 aromatic carbocycles. The highest BCUT2D eigenvalue weighted by atomic mass is 16.5. The lowest BCUT2D eigenvalue weighted by Gasteiger charge is -2.41. The summed E-state index contributed by atoms with van der Waals surface area (Å²) in [4.78, 5) is 23.0. The summed E-state index contributed by atoms with van der Waals surface area (Å²) in [6, 6.07) is 0. The van der Waals surface area contributed by atoms with Crippen molar-refractivity contribution >= 4 is 11.9 Å². The Kier molecular flexibility index (Phi) is 4.45. The number of carboxylic acid groups (broad SMARTS) is 1. The summed E-state index contributed by atoms with van der Waals surface area (Å²) in [5.74, 6) is -0.808. The van der Waals surface area contributed by atoms with Gasteiger partial charge in [-0.25, -0.2) is 0 Å². The number of carbonyl (C=O) groups is 2. The molecule has 1 amide bonds. The van der Waals surface area contributed by atoms with Crippen LogP contribution in [0.15, 0.2) is 0 Å². The third-order valence-electron chi connectivity index (χ3n) is 4.53. The van der Waals surface area contributed by atoms with Crippen molar-refractivity contribution in [3.63, 3.8) is 0 Å². The maximum Gasteiger partial charge on any atom is 0.303 e. The van der Waals surface area contributed by atoms with Gasteiger partial charge in [-0.3, -0.25) is 9.59 Å². The number of nitrogens with one attached hydrogen (secondary N) is 1. The van der Waals surface area contributed by atoms with Crippen molar-refractivity contribution in [1.29, 1.82) is 0 Å². The van der Waals surface area contributed by atoms with Crippen LogP contribution >= 0.6 is 0 Å². The Hall–Kier alpha value is -1.10. The quantitative estimate of drug-likeness (QED) is 0.767. The van der Waals surface area contributed by atoms with Crippen LogP contribution in [0.1, 0.15) is 45.4 Å². The average Bonchev–Trinajstić information content (AvgIpc) is 2.79. The minimum atomic E-state index is -0.774. The Labute approximate surface area is 113 Å². The summed E-state index contributed by atoms with van der Waals surface area (Å²) in [7, 11) is 0. The van der Waals surface area contributed by atoms with Gasteiger partial charge in [0.25, 0.3) is 0 Å². The van der Waals surface area contributed by atoms with Gasteiger partial charge in [-0.05, 0) is 31.1 Å². The molecule has 1 saturated heterocycles. The highest BCUT2D eigenvalue weighted by molar-refractivity contribution is 5.79. The molecule has 1 heterocycles. The van der Waals surface area contributed by atoms with Crippen molar-refractivity contribution in [3.05, 3.63) is 0 Å². The van der Waals surface area contributed by atoms with Crippen LogP contribution in [-0.4, -0.2) is 36.2 Å². The summed E-state index contributed by atoms with van der Waals surface area (Å²) < 4.78 is 5.52. The molecule has 1 saturated carbocycles. The highest BCUT2D eigenvalue weighted by Crippen LogP contribution is 2.43. The number of aliphatic carboxylic acids is 1. The molecule has 1 aliphatic carbocycles. The molecule has 0 bridgehead atoms. The molecule has 2 fully saturated rings. The van der Waals surface area contributed by atoms with Gasteiger partial charge in [-0.1, -0.05) is 13.3 Å². The topological polar surface area (TPSA) is 75.6 Å². The standard InChI is InChI=1S/C14H23NO4/c1-2-11-10(4-7-19-11)13(18)15-9-14(5-3-6-14)8-12(16)17/h10-11H,2-9H2,1H3,(H,15,18)(H,16,17). The fraction of sp³-hybridized carbons (Fsp3) is 0.857. The van der Waals surface area contributed by atoms with E-state index in [9.17, 15) is 9.59 Å². The van der Waals surface area contributed by atoms with Gasteiger partial charge in [0.15, 0.2) is 0 Å². The van der Waals surface area contributed by atoms with E-state index in [0.717, 1.165) is 32.1 Å². The van der Waals surface area contributed by atoms with Crippen molar-refractivity contribution in [2.75, 3.05) is 13.2 Å². The van der Waals surface area contributed by atoms with Crippen molar-refractivity contribution in [3.8, 4) is 0 Å². The largest absolute Gasteiger partial charge is 0.481 e. The van der Waals surface area contributed by atoms with Crippen LogP contribution in [0.25, 0.3) is 0 Å². The summed E-state index contributed by atoms with van der Waals surface area (Å²) in [5, 5.41) is 11.9. The van der Waals surface area contributed by atoms with E-state index in [4.69, 9.17) is 9.84 Å². The summed E-state index contributed by atoms with van der Waals surface area (Å²) in [6.45, 7) is 3.16. The average molecular weight is 269 g/mol. The van der Waals surface area contributed by atoms with Crippen LogP contribution in [0.5, 0.6) is 0 Å². The molecule has 1 aliphatic heterocycles. The van der Waals surface area contributed by atoms with Gasteiger partial charge in [0.1, 0.15) is 0 Å². The molecule has 0 aromatic rings. The number of carbonyl (C=O) groups excluding carboxylic acids is 1. The van der Waals surface area contributed by atoms with Crippen molar-refractivity contribution < 1.29 is 19.4 Å². The Morgan fingerprint density at radius 1 is 1.42 bits per heavy atom. The predicted octanol–water partition coefficient (Wildman–Crippen LogP) is 1.56. The van der Waals surface area contributed by atoms with E-state index >= 15 is 0 Å². The Balaban J connectivity index is 1.84. The van der Waals surface area contributed by atoms with Gasteiger partial charge in [0, 0.05) is 13.2 Å². The van der Waals surface area contributed by atoms with E-state index in [2.05, 4.69) is 5.32 Å².